The summed E-state index contributed by atoms with van der Waals surface area (Å²) in [5, 5.41) is 6.72. The largest absolute Gasteiger partial charge is 0.0934 e. The van der Waals surface area contributed by atoms with Gasteiger partial charge >= 0.3 is 0 Å². The Bertz CT molecular complexity index is 202. The lowest BCUT2D eigenvalue weighted by atomic mass is 9.88. The smallest absolute Gasteiger partial charge is 0.0315 e. The Labute approximate surface area is 70.8 Å². The highest BCUT2D eigenvalue weighted by atomic mass is 15.2. The summed E-state index contributed by atoms with van der Waals surface area (Å²) in [5.74, 6) is 0. The van der Waals surface area contributed by atoms with Crippen molar-refractivity contribution < 1.29 is 0 Å². The average molecular weight is 166 g/mol. The summed E-state index contributed by atoms with van der Waals surface area (Å²) in [6, 6.07) is 0. The van der Waals surface area contributed by atoms with E-state index in [1.54, 1.807) is 0 Å². The van der Waals surface area contributed by atoms with Gasteiger partial charge < -0.3 is 0 Å². The van der Waals surface area contributed by atoms with Gasteiger partial charge in [-0.25, -0.2) is 0 Å². The van der Waals surface area contributed by atoms with E-state index in [1.807, 2.05) is 0 Å². The first-order chi connectivity index (χ1) is 5.68. The molecule has 6 heteroatoms. The van der Waals surface area contributed by atoms with E-state index in [9.17, 15) is 0 Å². The summed E-state index contributed by atoms with van der Waals surface area (Å²) in [6.45, 7) is 7.81. The van der Waals surface area contributed by atoms with Gasteiger partial charge in [-0.05, 0) is 29.8 Å². The molecule has 0 fully saturated rings. The standard InChI is InChI=1S/C6H10N6/c1-3-6(2,4-9-11-7)5-10-12-8/h1-5H2. The summed E-state index contributed by atoms with van der Waals surface area (Å²) in [5.41, 5.74) is 15.6. The van der Waals surface area contributed by atoms with Crippen molar-refractivity contribution in [2.24, 2.45) is 15.6 Å². The first-order valence-corrected chi connectivity index (χ1v) is 3.35. The molecule has 0 N–H and O–H groups in total. The highest BCUT2D eigenvalue weighted by Crippen LogP contribution is 2.21. The number of hydrogen-bond acceptors (Lipinski definition) is 2. The molecule has 12 heavy (non-hydrogen) atoms. The molecule has 0 amide bonds. The maximum atomic E-state index is 8.06. The number of hydrogen-bond donors (Lipinski definition) is 0. The van der Waals surface area contributed by atoms with E-state index in [0.29, 0.717) is 6.42 Å². The molecule has 64 valence electrons. The molecule has 2 radical (unpaired) electrons. The Morgan fingerprint density at radius 1 is 1.17 bits per heavy atom. The van der Waals surface area contributed by atoms with Crippen LogP contribution in [0.4, 0.5) is 0 Å². The van der Waals surface area contributed by atoms with Crippen LogP contribution in [0.5, 0.6) is 0 Å². The second kappa shape index (κ2) is 5.29. The third-order valence-corrected chi connectivity index (χ3v) is 1.47. The first-order valence-electron chi connectivity index (χ1n) is 3.35. The molecule has 0 saturated carbocycles. The van der Waals surface area contributed by atoms with Crippen LogP contribution in [-0.2, 0) is 0 Å². The van der Waals surface area contributed by atoms with E-state index >= 15 is 0 Å². The highest BCUT2D eigenvalue weighted by Gasteiger charge is 2.19. The summed E-state index contributed by atoms with van der Waals surface area (Å²) in [6.07, 6.45) is 0.463. The highest BCUT2D eigenvalue weighted by molar-refractivity contribution is 4.87. The SMILES string of the molecule is [CH2]CC([CH2])(CN=[N+]=[N-])CN=[N+]=[N-]. The van der Waals surface area contributed by atoms with Crippen LogP contribution in [-0.4, -0.2) is 13.1 Å². The van der Waals surface area contributed by atoms with Crippen LogP contribution in [0.2, 0.25) is 0 Å². The lowest BCUT2D eigenvalue weighted by molar-refractivity contribution is 0.404. The lowest BCUT2D eigenvalue weighted by Crippen LogP contribution is -2.22. The molecule has 0 bridgehead atoms. The van der Waals surface area contributed by atoms with Gasteiger partial charge in [0.25, 0.3) is 0 Å². The van der Waals surface area contributed by atoms with Crippen molar-refractivity contribution in [2.45, 2.75) is 6.42 Å². The number of rotatable bonds is 5. The minimum Gasteiger partial charge on any atom is -0.0934 e. The third-order valence-electron chi connectivity index (χ3n) is 1.47. The molecule has 0 spiro atoms. The Balaban J connectivity index is 4.21. The summed E-state index contributed by atoms with van der Waals surface area (Å²) in [7, 11) is 0. The van der Waals surface area contributed by atoms with Gasteiger partial charge in [-0.3, -0.25) is 0 Å². The van der Waals surface area contributed by atoms with E-state index in [-0.39, 0.29) is 13.1 Å². The Morgan fingerprint density at radius 3 is 1.83 bits per heavy atom. The maximum absolute atomic E-state index is 8.06. The van der Waals surface area contributed by atoms with Gasteiger partial charge in [-0.1, -0.05) is 17.2 Å². The molecule has 0 aliphatic heterocycles. The second-order valence-electron chi connectivity index (χ2n) is 2.53. The van der Waals surface area contributed by atoms with Crippen molar-refractivity contribution in [1.82, 2.24) is 0 Å². The van der Waals surface area contributed by atoms with Crippen molar-refractivity contribution in [3.05, 3.63) is 34.7 Å². The fraction of sp³-hybridized carbons (Fsp3) is 0.667. The molecule has 0 atom stereocenters. The first kappa shape index (κ1) is 10.6. The fourth-order valence-corrected chi connectivity index (χ4v) is 0.571. The van der Waals surface area contributed by atoms with E-state index in [2.05, 4.69) is 33.9 Å². The summed E-state index contributed by atoms with van der Waals surface area (Å²) >= 11 is 0. The van der Waals surface area contributed by atoms with E-state index in [1.165, 1.54) is 0 Å². The van der Waals surface area contributed by atoms with Gasteiger partial charge in [0.15, 0.2) is 0 Å². The van der Waals surface area contributed by atoms with Gasteiger partial charge in [0.1, 0.15) is 0 Å². The predicted molar refractivity (Wildman–Crippen MR) is 45.8 cm³/mol. The van der Waals surface area contributed by atoms with E-state index < -0.39 is 5.41 Å². The Kier molecular flexibility index (Phi) is 4.69. The molecule has 0 aliphatic carbocycles. The molecule has 0 aliphatic rings. The van der Waals surface area contributed by atoms with Gasteiger partial charge in [0.2, 0.25) is 0 Å². The molecule has 0 aromatic rings. The van der Waals surface area contributed by atoms with Crippen LogP contribution < -0.4 is 0 Å². The molecule has 0 saturated heterocycles. The zero-order valence-electron chi connectivity index (χ0n) is 6.72. The van der Waals surface area contributed by atoms with Crippen LogP contribution in [0.3, 0.4) is 0 Å². The van der Waals surface area contributed by atoms with Crippen molar-refractivity contribution in [3.63, 3.8) is 0 Å². The zero-order chi connectivity index (χ0) is 9.45. The van der Waals surface area contributed by atoms with Crippen molar-refractivity contribution in [3.8, 4) is 0 Å². The topological polar surface area (TPSA) is 97.5 Å². The molecule has 0 unspecified atom stereocenters. The quantitative estimate of drug-likeness (QED) is 0.341. The monoisotopic (exact) mass is 166 g/mol. The van der Waals surface area contributed by atoms with Gasteiger partial charge in [0.05, 0.1) is 0 Å². The predicted octanol–water partition coefficient (Wildman–Crippen LogP) is 2.65. The summed E-state index contributed by atoms with van der Waals surface area (Å²) < 4.78 is 0. The van der Waals surface area contributed by atoms with E-state index in [4.69, 9.17) is 11.1 Å². The number of nitrogens with zero attached hydrogens (tertiary/aromatic N) is 6. The Morgan fingerprint density at radius 2 is 1.58 bits per heavy atom. The average Bonchev–Trinajstić information content (AvgIpc) is 2.11. The van der Waals surface area contributed by atoms with Crippen LogP contribution in [0.15, 0.2) is 10.2 Å². The normalized spacial score (nSPS) is 13.8. The van der Waals surface area contributed by atoms with Crippen molar-refractivity contribution in [2.75, 3.05) is 13.1 Å². The molecule has 6 nitrogen and oxygen atoms in total. The summed E-state index contributed by atoms with van der Waals surface area (Å²) in [4.78, 5) is 5.20. The molecule has 0 aromatic carbocycles. The van der Waals surface area contributed by atoms with E-state index in [0.717, 1.165) is 0 Å². The molecule has 0 aromatic heterocycles. The second-order valence-corrected chi connectivity index (χ2v) is 2.53. The minimum atomic E-state index is -0.557. The van der Waals surface area contributed by atoms with Gasteiger partial charge in [-0.15, -0.1) is 0 Å². The minimum absolute atomic E-state index is 0.200. The van der Waals surface area contributed by atoms with Crippen molar-refractivity contribution >= 4 is 0 Å². The van der Waals surface area contributed by atoms with Crippen LogP contribution in [0.1, 0.15) is 6.42 Å². The molecular weight excluding hydrogens is 156 g/mol. The van der Waals surface area contributed by atoms with Gasteiger partial charge in [-0.2, -0.15) is 0 Å². The maximum Gasteiger partial charge on any atom is 0.0315 e. The molecule has 0 heterocycles. The van der Waals surface area contributed by atoms with Crippen LogP contribution in [0, 0.1) is 19.3 Å². The van der Waals surface area contributed by atoms with Crippen LogP contribution in [0.25, 0.3) is 20.9 Å². The lowest BCUT2D eigenvalue weighted by Gasteiger charge is -2.22. The Hall–Kier alpha value is -1.38. The third kappa shape index (κ3) is 3.71. The number of azide groups is 2. The van der Waals surface area contributed by atoms with Gasteiger partial charge in [0, 0.05) is 22.9 Å². The van der Waals surface area contributed by atoms with Crippen molar-refractivity contribution in [1.29, 1.82) is 0 Å². The zero-order valence-corrected chi connectivity index (χ0v) is 6.72. The molecular formula is C6H10N6. The molecule has 0 rings (SSSR count). The van der Waals surface area contributed by atoms with Crippen LogP contribution >= 0.6 is 0 Å². The fourth-order valence-electron chi connectivity index (χ4n) is 0.571.